The summed E-state index contributed by atoms with van der Waals surface area (Å²) in [6.07, 6.45) is 6.13. The summed E-state index contributed by atoms with van der Waals surface area (Å²) < 4.78 is 19.0. The van der Waals surface area contributed by atoms with E-state index < -0.39 is 5.79 Å². The third kappa shape index (κ3) is 2.84. The van der Waals surface area contributed by atoms with E-state index in [1.165, 1.54) is 0 Å². The Morgan fingerprint density at radius 2 is 2.20 bits per heavy atom. The van der Waals surface area contributed by atoms with Crippen LogP contribution in [-0.2, 0) is 22.4 Å². The Bertz CT molecular complexity index is 548. The summed E-state index contributed by atoms with van der Waals surface area (Å²) in [5.74, 6) is 0.228. The van der Waals surface area contributed by atoms with E-state index in [4.69, 9.17) is 14.2 Å². The lowest BCUT2D eigenvalue weighted by molar-refractivity contribution is -0.166. The monoisotopic (exact) mass is 274 g/mol. The number of hydrogen-bond donors (Lipinski definition) is 0. The van der Waals surface area contributed by atoms with Gasteiger partial charge in [-0.15, -0.1) is 0 Å². The van der Waals surface area contributed by atoms with Crippen LogP contribution in [0.2, 0.25) is 0 Å². The zero-order chi connectivity index (χ0) is 13.8. The molecule has 5 heteroatoms. The van der Waals surface area contributed by atoms with Gasteiger partial charge in [0.25, 0.3) is 0 Å². The van der Waals surface area contributed by atoms with Gasteiger partial charge in [-0.1, -0.05) is 12.1 Å². The molecule has 1 aliphatic rings. The smallest absolute Gasteiger partial charge is 0.190 e. The first-order valence-electron chi connectivity index (χ1n) is 6.66. The molecule has 0 atom stereocenters. The van der Waals surface area contributed by atoms with Crippen LogP contribution < -0.4 is 4.74 Å². The van der Waals surface area contributed by atoms with E-state index in [0.29, 0.717) is 26.2 Å². The lowest BCUT2D eigenvalue weighted by Gasteiger charge is -2.28. The molecule has 0 unspecified atom stereocenters. The Balaban J connectivity index is 1.79. The van der Waals surface area contributed by atoms with Gasteiger partial charge in [0.15, 0.2) is 5.79 Å². The van der Waals surface area contributed by atoms with E-state index >= 15 is 0 Å². The number of hydrogen-bond acceptors (Lipinski definition) is 4. The molecule has 0 aliphatic carbocycles. The molecule has 1 aromatic heterocycles. The molecule has 1 aromatic carbocycles. The summed E-state index contributed by atoms with van der Waals surface area (Å²) in [6, 6.07) is 7.99. The third-order valence-corrected chi connectivity index (χ3v) is 3.40. The second-order valence-electron chi connectivity index (χ2n) is 4.87. The first-order chi connectivity index (χ1) is 9.80. The summed E-state index contributed by atoms with van der Waals surface area (Å²) >= 11 is 0. The van der Waals surface area contributed by atoms with Crippen molar-refractivity contribution in [1.82, 2.24) is 9.55 Å². The van der Waals surface area contributed by atoms with Crippen molar-refractivity contribution in [2.45, 2.75) is 18.8 Å². The number of methoxy groups -OCH3 is 1. The van der Waals surface area contributed by atoms with Gasteiger partial charge in [-0.3, -0.25) is 0 Å². The molecular weight excluding hydrogens is 256 g/mol. The van der Waals surface area contributed by atoms with Crippen LogP contribution >= 0.6 is 0 Å². The van der Waals surface area contributed by atoms with E-state index in [1.807, 2.05) is 29.0 Å². The van der Waals surface area contributed by atoms with Crippen molar-refractivity contribution in [2.24, 2.45) is 0 Å². The highest BCUT2D eigenvalue weighted by molar-refractivity contribution is 5.29. The van der Waals surface area contributed by atoms with Crippen LogP contribution in [0.25, 0.3) is 0 Å². The van der Waals surface area contributed by atoms with Gasteiger partial charge in [0.05, 0.1) is 33.2 Å². The number of rotatable bonds is 5. The van der Waals surface area contributed by atoms with Crippen LogP contribution in [0.15, 0.2) is 43.0 Å². The zero-order valence-electron chi connectivity index (χ0n) is 11.5. The Morgan fingerprint density at radius 1 is 1.35 bits per heavy atom. The maximum absolute atomic E-state index is 5.88. The van der Waals surface area contributed by atoms with Crippen LogP contribution in [0, 0.1) is 0 Å². The third-order valence-electron chi connectivity index (χ3n) is 3.40. The van der Waals surface area contributed by atoms with E-state index in [-0.39, 0.29) is 0 Å². The minimum atomic E-state index is -0.618. The van der Waals surface area contributed by atoms with Gasteiger partial charge in [0, 0.05) is 18.8 Å². The van der Waals surface area contributed by atoms with Crippen LogP contribution in [-0.4, -0.2) is 35.7 Å². The molecule has 2 heterocycles. The second kappa shape index (κ2) is 5.64. The summed E-state index contributed by atoms with van der Waals surface area (Å²) in [7, 11) is 1.67. The average molecular weight is 274 g/mol. The van der Waals surface area contributed by atoms with Crippen LogP contribution in [0.1, 0.15) is 5.56 Å². The Morgan fingerprint density at radius 3 is 2.90 bits per heavy atom. The van der Waals surface area contributed by atoms with Gasteiger partial charge >= 0.3 is 0 Å². The fourth-order valence-electron chi connectivity index (χ4n) is 2.50. The van der Waals surface area contributed by atoms with Crippen molar-refractivity contribution in [2.75, 3.05) is 20.3 Å². The topological polar surface area (TPSA) is 45.5 Å². The molecule has 0 saturated carbocycles. The normalized spacial score (nSPS) is 17.2. The van der Waals surface area contributed by atoms with E-state index in [9.17, 15) is 0 Å². The molecule has 5 nitrogen and oxygen atoms in total. The van der Waals surface area contributed by atoms with Gasteiger partial charge in [-0.25, -0.2) is 4.98 Å². The van der Waals surface area contributed by atoms with E-state index in [2.05, 4.69) is 11.1 Å². The highest BCUT2D eigenvalue weighted by Crippen LogP contribution is 2.27. The predicted octanol–water partition coefficient (Wildman–Crippen LogP) is 1.88. The molecule has 106 valence electrons. The average Bonchev–Trinajstić information content (AvgIpc) is 3.12. The first-order valence-corrected chi connectivity index (χ1v) is 6.66. The van der Waals surface area contributed by atoms with Gasteiger partial charge in [-0.05, 0) is 17.7 Å². The van der Waals surface area contributed by atoms with Crippen molar-refractivity contribution in [1.29, 1.82) is 0 Å². The second-order valence-corrected chi connectivity index (χ2v) is 4.87. The summed E-state index contributed by atoms with van der Waals surface area (Å²) in [6.45, 7) is 1.88. The van der Waals surface area contributed by atoms with Crippen LogP contribution in [0.4, 0.5) is 0 Å². The number of imidazole rings is 1. The van der Waals surface area contributed by atoms with Crippen molar-refractivity contribution >= 4 is 0 Å². The van der Waals surface area contributed by atoms with E-state index in [1.54, 1.807) is 19.6 Å². The molecule has 1 fully saturated rings. The quantitative estimate of drug-likeness (QED) is 0.835. The summed E-state index contributed by atoms with van der Waals surface area (Å²) in [5.41, 5.74) is 1.13. The molecule has 1 saturated heterocycles. The summed E-state index contributed by atoms with van der Waals surface area (Å²) in [4.78, 5) is 4.06. The maximum Gasteiger partial charge on any atom is 0.190 e. The van der Waals surface area contributed by atoms with Crippen molar-refractivity contribution in [3.8, 4) is 5.75 Å². The highest BCUT2D eigenvalue weighted by Gasteiger charge is 2.37. The van der Waals surface area contributed by atoms with Crippen molar-refractivity contribution in [3.63, 3.8) is 0 Å². The highest BCUT2D eigenvalue weighted by atomic mass is 16.7. The molecule has 0 amide bonds. The Labute approximate surface area is 118 Å². The molecule has 0 N–H and O–H groups in total. The first kappa shape index (κ1) is 13.1. The van der Waals surface area contributed by atoms with Crippen LogP contribution in [0.5, 0.6) is 5.75 Å². The molecule has 0 radical (unpaired) electrons. The predicted molar refractivity (Wildman–Crippen MR) is 73.6 cm³/mol. The minimum absolute atomic E-state index is 0.618. The lowest BCUT2D eigenvalue weighted by Crippen LogP contribution is -2.37. The summed E-state index contributed by atoms with van der Waals surface area (Å²) in [5, 5.41) is 0. The molecule has 2 aromatic rings. The Hall–Kier alpha value is -1.85. The Kier molecular flexibility index (Phi) is 3.71. The van der Waals surface area contributed by atoms with Gasteiger partial charge in [-0.2, -0.15) is 0 Å². The van der Waals surface area contributed by atoms with Crippen LogP contribution in [0.3, 0.4) is 0 Å². The van der Waals surface area contributed by atoms with Crippen molar-refractivity contribution in [3.05, 3.63) is 48.5 Å². The number of aromatic nitrogens is 2. The molecule has 0 spiro atoms. The van der Waals surface area contributed by atoms with Gasteiger partial charge in [0.1, 0.15) is 5.75 Å². The molecule has 1 aliphatic heterocycles. The van der Waals surface area contributed by atoms with E-state index in [0.717, 1.165) is 11.3 Å². The molecule has 3 rings (SSSR count). The fraction of sp³-hybridized carbons (Fsp3) is 0.400. The number of nitrogens with zero attached hydrogens (tertiary/aromatic N) is 2. The molecule has 20 heavy (non-hydrogen) atoms. The molecule has 0 bridgehead atoms. The standard InChI is InChI=1S/C15H18N2O3/c1-18-14-4-2-3-13(9-14)10-15(19-7-8-20-15)11-17-6-5-16-12-17/h2-6,9,12H,7-8,10-11H2,1H3. The van der Waals surface area contributed by atoms with Gasteiger partial charge < -0.3 is 18.8 Å². The number of benzene rings is 1. The zero-order valence-corrected chi connectivity index (χ0v) is 11.5. The van der Waals surface area contributed by atoms with Gasteiger partial charge in [0.2, 0.25) is 0 Å². The minimum Gasteiger partial charge on any atom is -0.497 e. The lowest BCUT2D eigenvalue weighted by atomic mass is 10.0. The SMILES string of the molecule is COc1cccc(CC2(Cn3ccnc3)OCCO2)c1. The number of ether oxygens (including phenoxy) is 3. The van der Waals surface area contributed by atoms with Crippen molar-refractivity contribution < 1.29 is 14.2 Å². The maximum atomic E-state index is 5.88. The fourth-order valence-corrected chi connectivity index (χ4v) is 2.50. The largest absolute Gasteiger partial charge is 0.497 e. The molecular formula is C15H18N2O3.